The molecule has 2 aliphatic rings. The lowest BCUT2D eigenvalue weighted by Gasteiger charge is -2.34. The zero-order valence-electron chi connectivity index (χ0n) is 13.9. The number of nitrogens with zero attached hydrogens (tertiary/aromatic N) is 1. The van der Waals surface area contributed by atoms with E-state index in [1.807, 2.05) is 47.8 Å². The number of anilines is 1. The van der Waals surface area contributed by atoms with Crippen LogP contribution in [-0.4, -0.2) is 15.6 Å². The van der Waals surface area contributed by atoms with E-state index in [4.69, 9.17) is 0 Å². The predicted octanol–water partition coefficient (Wildman–Crippen LogP) is 3.65. The maximum Gasteiger partial charge on any atom is 0.277 e. The molecular formula is C20H17N3O2S. The number of nitrogens with one attached hydrogen (secondary N) is 2. The Morgan fingerprint density at radius 1 is 1.04 bits per heavy atom. The first kappa shape index (κ1) is 15.4. The first-order valence-electron chi connectivity index (χ1n) is 8.67. The van der Waals surface area contributed by atoms with Crippen molar-refractivity contribution in [1.29, 1.82) is 0 Å². The van der Waals surface area contributed by atoms with Gasteiger partial charge in [0.15, 0.2) is 0 Å². The second-order valence-corrected chi connectivity index (χ2v) is 7.62. The zero-order valence-corrected chi connectivity index (χ0v) is 14.8. The number of allylic oxidation sites excluding steroid dienone is 2. The number of rotatable bonds is 2. The van der Waals surface area contributed by atoms with E-state index in [0.717, 1.165) is 22.7 Å². The normalized spacial score (nSPS) is 21.5. The first-order chi connectivity index (χ1) is 12.7. The lowest BCUT2D eigenvalue weighted by molar-refractivity contribution is -0.122. The third kappa shape index (κ3) is 2.22. The molecule has 3 heterocycles. The summed E-state index contributed by atoms with van der Waals surface area (Å²) in [5, 5.41) is 8.52. The van der Waals surface area contributed by atoms with Crippen LogP contribution in [0.3, 0.4) is 0 Å². The number of carbonyl (C=O) groups is 1. The molecule has 1 aliphatic heterocycles. The summed E-state index contributed by atoms with van der Waals surface area (Å²) in [5.74, 6) is 0.349. The highest BCUT2D eigenvalue weighted by Gasteiger charge is 2.43. The highest BCUT2D eigenvalue weighted by molar-refractivity contribution is 7.10. The minimum absolute atomic E-state index is 0.102. The van der Waals surface area contributed by atoms with Gasteiger partial charge in [0.2, 0.25) is 0 Å². The van der Waals surface area contributed by atoms with Gasteiger partial charge in [-0.2, -0.15) is 0 Å². The van der Waals surface area contributed by atoms with Crippen molar-refractivity contribution in [1.82, 2.24) is 9.78 Å². The summed E-state index contributed by atoms with van der Waals surface area (Å²) in [5.41, 5.74) is 2.23. The van der Waals surface area contributed by atoms with Crippen LogP contribution in [-0.2, 0) is 4.79 Å². The number of aromatic nitrogens is 2. The number of H-pyrrole nitrogens is 1. The number of para-hydroxylation sites is 1. The van der Waals surface area contributed by atoms with E-state index in [1.165, 1.54) is 0 Å². The van der Waals surface area contributed by atoms with E-state index >= 15 is 0 Å². The van der Waals surface area contributed by atoms with Crippen molar-refractivity contribution in [3.8, 4) is 5.69 Å². The minimum Gasteiger partial charge on any atom is -0.343 e. The molecular weight excluding hydrogens is 346 g/mol. The number of Topliss-reactive ketones (excluding diaryl/α,β-unsaturated/α-hetero) is 1. The molecule has 130 valence electrons. The molecule has 0 bridgehead atoms. The number of aromatic amines is 1. The van der Waals surface area contributed by atoms with Crippen LogP contribution in [0.5, 0.6) is 0 Å². The molecule has 0 fully saturated rings. The molecule has 2 N–H and O–H groups in total. The number of fused-ring (bicyclic) bond motifs is 2. The summed E-state index contributed by atoms with van der Waals surface area (Å²) in [6.07, 6.45) is 3.37. The second kappa shape index (κ2) is 5.85. The van der Waals surface area contributed by atoms with Crippen LogP contribution in [0.4, 0.5) is 5.82 Å². The SMILES string of the molecule is O=C1CCC=C2Nc3[nH]n(-c4ccccc4)c(=O)c3C(c3cccs3)C12. The van der Waals surface area contributed by atoms with Crippen LogP contribution in [0.25, 0.3) is 5.69 Å². The summed E-state index contributed by atoms with van der Waals surface area (Å²) in [6, 6.07) is 13.5. The third-order valence-electron chi connectivity index (χ3n) is 5.14. The van der Waals surface area contributed by atoms with E-state index in [1.54, 1.807) is 16.0 Å². The molecule has 3 aromatic rings. The summed E-state index contributed by atoms with van der Waals surface area (Å²) < 4.78 is 1.56. The highest BCUT2D eigenvalue weighted by atomic mass is 32.1. The summed E-state index contributed by atoms with van der Waals surface area (Å²) in [7, 11) is 0. The summed E-state index contributed by atoms with van der Waals surface area (Å²) >= 11 is 1.60. The van der Waals surface area contributed by atoms with E-state index in [0.29, 0.717) is 17.8 Å². The zero-order chi connectivity index (χ0) is 17.7. The van der Waals surface area contributed by atoms with Gasteiger partial charge < -0.3 is 5.32 Å². The van der Waals surface area contributed by atoms with E-state index < -0.39 is 0 Å². The van der Waals surface area contributed by atoms with Gasteiger partial charge in [-0.25, -0.2) is 4.68 Å². The standard InChI is InChI=1S/C20H17N3O2S/c24-14-9-4-8-13-16(14)17(15-10-5-11-26-15)18-19(21-13)22-23(20(18)25)12-6-2-1-3-7-12/h1-3,5-8,10-11,16-17,21-22H,4,9H2. The number of hydrogen-bond acceptors (Lipinski definition) is 4. The van der Waals surface area contributed by atoms with Crippen molar-refractivity contribution in [3.63, 3.8) is 0 Å². The predicted molar refractivity (Wildman–Crippen MR) is 102 cm³/mol. The van der Waals surface area contributed by atoms with Crippen molar-refractivity contribution in [2.24, 2.45) is 5.92 Å². The fraction of sp³-hybridized carbons (Fsp3) is 0.200. The number of carbonyl (C=O) groups excluding carboxylic acids is 1. The van der Waals surface area contributed by atoms with Gasteiger partial charge in [-0.3, -0.25) is 14.7 Å². The topological polar surface area (TPSA) is 66.9 Å². The molecule has 2 atom stereocenters. The molecule has 5 nitrogen and oxygen atoms in total. The van der Waals surface area contributed by atoms with Crippen molar-refractivity contribution in [2.45, 2.75) is 18.8 Å². The van der Waals surface area contributed by atoms with E-state index in [2.05, 4.69) is 16.5 Å². The van der Waals surface area contributed by atoms with E-state index in [9.17, 15) is 9.59 Å². The number of benzene rings is 1. The molecule has 1 aliphatic carbocycles. The Hall–Kier alpha value is -2.86. The largest absolute Gasteiger partial charge is 0.343 e. The lowest BCUT2D eigenvalue weighted by atomic mass is 9.75. The van der Waals surface area contributed by atoms with Gasteiger partial charge in [0.05, 0.1) is 17.2 Å². The Labute approximate surface area is 154 Å². The minimum atomic E-state index is -0.303. The monoisotopic (exact) mass is 363 g/mol. The smallest absolute Gasteiger partial charge is 0.277 e. The van der Waals surface area contributed by atoms with Crippen molar-refractivity contribution < 1.29 is 4.79 Å². The van der Waals surface area contributed by atoms with Gasteiger partial charge in [0.25, 0.3) is 5.56 Å². The average Bonchev–Trinajstić information content (AvgIpc) is 3.30. The Bertz CT molecular complexity index is 1060. The average molecular weight is 363 g/mol. The summed E-state index contributed by atoms with van der Waals surface area (Å²) in [6.45, 7) is 0. The Balaban J connectivity index is 1.75. The lowest BCUT2D eigenvalue weighted by Crippen LogP contribution is -2.36. The van der Waals surface area contributed by atoms with Crippen LogP contribution in [0.15, 0.2) is 64.4 Å². The van der Waals surface area contributed by atoms with Gasteiger partial charge in [0.1, 0.15) is 11.6 Å². The molecule has 0 saturated heterocycles. The Morgan fingerprint density at radius 3 is 2.65 bits per heavy atom. The fourth-order valence-corrected chi connectivity index (χ4v) is 4.87. The highest BCUT2D eigenvalue weighted by Crippen LogP contribution is 2.46. The van der Waals surface area contributed by atoms with Crippen LogP contribution < -0.4 is 10.9 Å². The molecule has 0 spiro atoms. The molecule has 26 heavy (non-hydrogen) atoms. The summed E-state index contributed by atoms with van der Waals surface area (Å²) in [4.78, 5) is 27.1. The third-order valence-corrected chi connectivity index (χ3v) is 6.10. The van der Waals surface area contributed by atoms with Crippen LogP contribution in [0.2, 0.25) is 0 Å². The van der Waals surface area contributed by atoms with Crippen molar-refractivity contribution >= 4 is 22.9 Å². The number of hydrogen-bond donors (Lipinski definition) is 2. The van der Waals surface area contributed by atoms with Gasteiger partial charge >= 0.3 is 0 Å². The van der Waals surface area contributed by atoms with Crippen molar-refractivity contribution in [3.05, 3.63) is 80.4 Å². The molecule has 6 heteroatoms. The Morgan fingerprint density at radius 2 is 1.88 bits per heavy atom. The molecule has 1 aromatic carbocycles. The van der Waals surface area contributed by atoms with Crippen LogP contribution in [0.1, 0.15) is 29.2 Å². The van der Waals surface area contributed by atoms with E-state index in [-0.39, 0.29) is 23.2 Å². The quantitative estimate of drug-likeness (QED) is 0.730. The Kier molecular flexibility index (Phi) is 3.46. The molecule has 0 saturated carbocycles. The van der Waals surface area contributed by atoms with Crippen molar-refractivity contribution in [2.75, 3.05) is 5.32 Å². The van der Waals surface area contributed by atoms with Gasteiger partial charge in [-0.15, -0.1) is 11.3 Å². The maximum atomic E-state index is 13.3. The molecule has 2 unspecified atom stereocenters. The van der Waals surface area contributed by atoms with Gasteiger partial charge in [0, 0.05) is 22.9 Å². The van der Waals surface area contributed by atoms with Gasteiger partial charge in [-0.05, 0) is 30.0 Å². The van der Waals surface area contributed by atoms with Crippen LogP contribution >= 0.6 is 11.3 Å². The fourth-order valence-electron chi connectivity index (χ4n) is 4.00. The second-order valence-electron chi connectivity index (χ2n) is 6.64. The number of ketones is 1. The molecule has 0 radical (unpaired) electrons. The first-order valence-corrected chi connectivity index (χ1v) is 9.55. The van der Waals surface area contributed by atoms with Crippen LogP contribution in [0, 0.1) is 5.92 Å². The number of thiophene rings is 1. The van der Waals surface area contributed by atoms with Gasteiger partial charge in [-0.1, -0.05) is 30.3 Å². The molecule has 2 aromatic heterocycles. The molecule has 0 amide bonds. The maximum absolute atomic E-state index is 13.3. The molecule has 5 rings (SSSR count).